The summed E-state index contributed by atoms with van der Waals surface area (Å²) in [6.45, 7) is 2.21. The summed E-state index contributed by atoms with van der Waals surface area (Å²) in [6, 6.07) is 2.93. The van der Waals surface area contributed by atoms with Crippen molar-refractivity contribution in [1.29, 1.82) is 0 Å². The molecule has 4 rings (SSSR count). The number of carbonyl (C=O) groups is 2. The van der Waals surface area contributed by atoms with E-state index in [0.717, 1.165) is 43.6 Å². The van der Waals surface area contributed by atoms with Gasteiger partial charge in [-0.2, -0.15) is 5.10 Å². The van der Waals surface area contributed by atoms with Crippen molar-refractivity contribution in [2.75, 3.05) is 26.2 Å². The van der Waals surface area contributed by atoms with Crippen molar-refractivity contribution in [2.45, 2.75) is 25.8 Å². The van der Waals surface area contributed by atoms with Crippen molar-refractivity contribution in [3.63, 3.8) is 0 Å². The van der Waals surface area contributed by atoms with Crippen molar-refractivity contribution < 1.29 is 18.4 Å². The van der Waals surface area contributed by atoms with Gasteiger partial charge in [-0.3, -0.25) is 14.3 Å². The van der Waals surface area contributed by atoms with Crippen molar-refractivity contribution in [1.82, 2.24) is 19.6 Å². The number of rotatable bonds is 2. The minimum atomic E-state index is -0.870. The molecular formula is C19H20F2N4O2. The van der Waals surface area contributed by atoms with Crippen LogP contribution in [-0.2, 0) is 13.0 Å². The van der Waals surface area contributed by atoms with Crippen LogP contribution in [0.5, 0.6) is 0 Å². The van der Waals surface area contributed by atoms with Gasteiger partial charge in [0, 0.05) is 38.8 Å². The second-order valence-corrected chi connectivity index (χ2v) is 6.89. The summed E-state index contributed by atoms with van der Waals surface area (Å²) in [4.78, 5) is 28.5. The lowest BCUT2D eigenvalue weighted by Gasteiger charge is -2.35. The van der Waals surface area contributed by atoms with Crippen molar-refractivity contribution in [2.24, 2.45) is 0 Å². The maximum Gasteiger partial charge on any atom is 0.257 e. The topological polar surface area (TPSA) is 58.4 Å². The molecule has 142 valence electrons. The first kappa shape index (κ1) is 17.6. The average molecular weight is 374 g/mol. The Bertz CT molecular complexity index is 888. The van der Waals surface area contributed by atoms with E-state index in [9.17, 15) is 18.4 Å². The minimum absolute atomic E-state index is 0.0711. The zero-order valence-electron chi connectivity index (χ0n) is 14.8. The van der Waals surface area contributed by atoms with E-state index in [1.54, 1.807) is 11.1 Å². The molecule has 0 saturated carbocycles. The van der Waals surface area contributed by atoms with E-state index >= 15 is 0 Å². The summed E-state index contributed by atoms with van der Waals surface area (Å²) in [5, 5.41) is 4.30. The van der Waals surface area contributed by atoms with Crippen LogP contribution in [-0.4, -0.2) is 57.6 Å². The SMILES string of the molecule is O=C(c1ccc(F)cc1F)N1CCN(C(=O)c2cnn3c2CCCC3)CC1. The normalized spacial score (nSPS) is 17.0. The minimum Gasteiger partial charge on any atom is -0.335 e. The Morgan fingerprint density at radius 1 is 0.889 bits per heavy atom. The van der Waals surface area contributed by atoms with Crippen LogP contribution in [0.4, 0.5) is 8.78 Å². The van der Waals surface area contributed by atoms with Gasteiger partial charge < -0.3 is 9.80 Å². The predicted octanol–water partition coefficient (Wildman–Crippen LogP) is 2.10. The van der Waals surface area contributed by atoms with E-state index in [4.69, 9.17) is 0 Å². The molecule has 0 radical (unpaired) electrons. The van der Waals surface area contributed by atoms with E-state index in [1.807, 2.05) is 4.68 Å². The van der Waals surface area contributed by atoms with Crippen LogP contribution in [0.15, 0.2) is 24.4 Å². The summed E-state index contributed by atoms with van der Waals surface area (Å²) in [5.74, 6) is -2.14. The van der Waals surface area contributed by atoms with Crippen molar-refractivity contribution in [3.8, 4) is 0 Å². The van der Waals surface area contributed by atoms with Crippen LogP contribution in [0.2, 0.25) is 0 Å². The molecule has 0 unspecified atom stereocenters. The Labute approximate surface area is 155 Å². The molecular weight excluding hydrogens is 354 g/mol. The number of aromatic nitrogens is 2. The third-order valence-corrected chi connectivity index (χ3v) is 5.23. The lowest BCUT2D eigenvalue weighted by Crippen LogP contribution is -2.50. The van der Waals surface area contributed by atoms with E-state index in [2.05, 4.69) is 5.10 Å². The largest absolute Gasteiger partial charge is 0.335 e. The molecule has 0 atom stereocenters. The second kappa shape index (κ2) is 7.09. The highest BCUT2D eigenvalue weighted by molar-refractivity contribution is 5.96. The fraction of sp³-hybridized carbons (Fsp3) is 0.421. The molecule has 2 amide bonds. The fourth-order valence-electron chi connectivity index (χ4n) is 3.72. The third-order valence-electron chi connectivity index (χ3n) is 5.23. The fourth-order valence-corrected chi connectivity index (χ4v) is 3.72. The number of nitrogens with zero attached hydrogens (tertiary/aromatic N) is 4. The van der Waals surface area contributed by atoms with Crippen molar-refractivity contribution >= 4 is 11.8 Å². The number of hydrogen-bond donors (Lipinski definition) is 0. The Hall–Kier alpha value is -2.77. The van der Waals surface area contributed by atoms with E-state index in [1.165, 1.54) is 4.90 Å². The van der Waals surface area contributed by atoms with Crippen LogP contribution in [0, 0.1) is 11.6 Å². The standard InChI is InChI=1S/C19H20F2N4O2/c20-13-4-5-14(16(21)11-13)18(26)23-7-9-24(10-8-23)19(27)15-12-22-25-6-2-1-3-17(15)25/h4-5,11-12H,1-3,6-10H2. The van der Waals surface area contributed by atoms with Crippen LogP contribution in [0.1, 0.15) is 39.3 Å². The van der Waals surface area contributed by atoms with Gasteiger partial charge in [0.1, 0.15) is 11.6 Å². The second-order valence-electron chi connectivity index (χ2n) is 6.89. The molecule has 2 aliphatic heterocycles. The Balaban J connectivity index is 1.42. The molecule has 0 aliphatic carbocycles. The van der Waals surface area contributed by atoms with E-state index in [0.29, 0.717) is 37.8 Å². The molecule has 0 spiro atoms. The highest BCUT2D eigenvalue weighted by Crippen LogP contribution is 2.21. The molecule has 8 heteroatoms. The van der Waals surface area contributed by atoms with E-state index in [-0.39, 0.29) is 11.5 Å². The van der Waals surface area contributed by atoms with Gasteiger partial charge in [-0.15, -0.1) is 0 Å². The first-order valence-electron chi connectivity index (χ1n) is 9.13. The van der Waals surface area contributed by atoms with Gasteiger partial charge in [-0.25, -0.2) is 8.78 Å². The number of halogens is 2. The quantitative estimate of drug-likeness (QED) is 0.809. The molecule has 6 nitrogen and oxygen atoms in total. The number of benzene rings is 1. The molecule has 0 N–H and O–H groups in total. The molecule has 1 aromatic carbocycles. The zero-order chi connectivity index (χ0) is 19.0. The van der Waals surface area contributed by atoms with Gasteiger partial charge in [0.15, 0.2) is 0 Å². The molecule has 1 fully saturated rings. The lowest BCUT2D eigenvalue weighted by atomic mass is 10.1. The van der Waals surface area contributed by atoms with Gasteiger partial charge in [0.2, 0.25) is 0 Å². The number of amides is 2. The van der Waals surface area contributed by atoms with Crippen LogP contribution in [0.3, 0.4) is 0 Å². The smallest absolute Gasteiger partial charge is 0.257 e. The molecule has 1 aromatic heterocycles. The van der Waals surface area contributed by atoms with Gasteiger partial charge in [0.05, 0.1) is 23.0 Å². The summed E-state index contributed by atoms with van der Waals surface area (Å²) in [7, 11) is 0. The number of aryl methyl sites for hydroxylation is 1. The number of carbonyl (C=O) groups excluding carboxylic acids is 2. The van der Waals surface area contributed by atoms with Gasteiger partial charge in [0.25, 0.3) is 11.8 Å². The molecule has 0 bridgehead atoms. The first-order valence-corrected chi connectivity index (χ1v) is 9.13. The molecule has 2 aliphatic rings. The van der Waals surface area contributed by atoms with Crippen molar-refractivity contribution in [3.05, 3.63) is 52.9 Å². The third kappa shape index (κ3) is 3.31. The monoisotopic (exact) mass is 374 g/mol. The maximum atomic E-state index is 13.8. The Morgan fingerprint density at radius 3 is 2.22 bits per heavy atom. The van der Waals surface area contributed by atoms with Gasteiger partial charge in [-0.05, 0) is 31.4 Å². The predicted molar refractivity (Wildman–Crippen MR) is 93.3 cm³/mol. The summed E-state index contributed by atoms with van der Waals surface area (Å²) in [5.41, 5.74) is 1.47. The lowest BCUT2D eigenvalue weighted by molar-refractivity contribution is 0.0532. The highest BCUT2D eigenvalue weighted by Gasteiger charge is 2.29. The molecule has 27 heavy (non-hydrogen) atoms. The highest BCUT2D eigenvalue weighted by atomic mass is 19.1. The van der Waals surface area contributed by atoms with E-state index < -0.39 is 17.5 Å². The van der Waals surface area contributed by atoms with Gasteiger partial charge >= 0.3 is 0 Å². The summed E-state index contributed by atoms with van der Waals surface area (Å²) < 4.78 is 28.8. The Morgan fingerprint density at radius 2 is 1.56 bits per heavy atom. The van der Waals surface area contributed by atoms with Gasteiger partial charge in [-0.1, -0.05) is 0 Å². The van der Waals surface area contributed by atoms with Crippen LogP contribution in [0.25, 0.3) is 0 Å². The molecule has 2 aromatic rings. The maximum absolute atomic E-state index is 13.8. The summed E-state index contributed by atoms with van der Waals surface area (Å²) >= 11 is 0. The zero-order valence-corrected chi connectivity index (χ0v) is 14.8. The first-order chi connectivity index (χ1) is 13.0. The Kier molecular flexibility index (Phi) is 4.63. The summed E-state index contributed by atoms with van der Waals surface area (Å²) in [6.07, 6.45) is 4.61. The van der Waals surface area contributed by atoms with Crippen LogP contribution < -0.4 is 0 Å². The average Bonchev–Trinajstić information content (AvgIpc) is 3.11. The number of fused-ring (bicyclic) bond motifs is 1. The molecule has 1 saturated heterocycles. The van der Waals surface area contributed by atoms with Crippen LogP contribution >= 0.6 is 0 Å². The molecule has 3 heterocycles. The number of hydrogen-bond acceptors (Lipinski definition) is 3. The number of piperazine rings is 1.